The molecule has 1 aliphatic rings. The van der Waals surface area contributed by atoms with Crippen LogP contribution in [0.25, 0.3) is 0 Å². The van der Waals surface area contributed by atoms with Gasteiger partial charge in [-0.1, -0.05) is 0 Å². The molecule has 19 heavy (non-hydrogen) atoms. The van der Waals surface area contributed by atoms with Gasteiger partial charge in [-0.2, -0.15) is 0 Å². The molecule has 1 saturated heterocycles. The summed E-state index contributed by atoms with van der Waals surface area (Å²) in [6.07, 6.45) is 0.460. The van der Waals surface area contributed by atoms with Gasteiger partial charge in [-0.05, 0) is 20.8 Å². The van der Waals surface area contributed by atoms with Gasteiger partial charge in [-0.25, -0.2) is 0 Å². The standard InChI is InChI=1S/C12H24O6Si/c1-4-16-19(17-5-2,18-6-3)12(13)7-8-14-9-11-10-15-11/h11H,4-10H2,1-3H3. The van der Waals surface area contributed by atoms with Crippen LogP contribution in [0.1, 0.15) is 27.2 Å². The maximum atomic E-state index is 12.3. The van der Waals surface area contributed by atoms with E-state index < -0.39 is 8.80 Å². The summed E-state index contributed by atoms with van der Waals surface area (Å²) in [5.41, 5.74) is 0. The molecule has 1 atom stereocenters. The average molecular weight is 292 g/mol. The van der Waals surface area contributed by atoms with E-state index >= 15 is 0 Å². The fraction of sp³-hybridized carbons (Fsp3) is 0.917. The van der Waals surface area contributed by atoms with Crippen molar-refractivity contribution in [1.82, 2.24) is 0 Å². The Hall–Kier alpha value is -0.313. The second-order valence-electron chi connectivity index (χ2n) is 4.06. The molecule has 6 nitrogen and oxygen atoms in total. The highest BCUT2D eigenvalue weighted by atomic mass is 28.4. The van der Waals surface area contributed by atoms with Crippen molar-refractivity contribution in [3.63, 3.8) is 0 Å². The van der Waals surface area contributed by atoms with Crippen LogP contribution in [-0.2, 0) is 27.5 Å². The summed E-state index contributed by atoms with van der Waals surface area (Å²) in [6, 6.07) is 0. The van der Waals surface area contributed by atoms with Crippen LogP contribution in [-0.4, -0.2) is 60.0 Å². The first-order valence-corrected chi connectivity index (χ1v) is 8.55. The van der Waals surface area contributed by atoms with E-state index in [1.165, 1.54) is 0 Å². The first kappa shape index (κ1) is 16.7. The molecule has 1 rings (SSSR count). The van der Waals surface area contributed by atoms with E-state index in [-0.39, 0.29) is 17.9 Å². The highest BCUT2D eigenvalue weighted by Gasteiger charge is 2.49. The van der Waals surface area contributed by atoms with Crippen molar-refractivity contribution in [2.45, 2.75) is 33.3 Å². The third-order valence-electron chi connectivity index (χ3n) is 2.52. The van der Waals surface area contributed by atoms with E-state index in [4.69, 9.17) is 22.8 Å². The maximum absolute atomic E-state index is 12.3. The van der Waals surface area contributed by atoms with Gasteiger partial charge in [0.05, 0.1) is 19.8 Å². The van der Waals surface area contributed by atoms with Crippen LogP contribution in [0.5, 0.6) is 0 Å². The van der Waals surface area contributed by atoms with Gasteiger partial charge < -0.3 is 22.8 Å². The fourth-order valence-corrected chi connectivity index (χ4v) is 3.91. The van der Waals surface area contributed by atoms with Gasteiger partial charge in [0, 0.05) is 26.2 Å². The van der Waals surface area contributed by atoms with E-state index in [1.54, 1.807) is 0 Å². The fourth-order valence-electron chi connectivity index (χ4n) is 1.63. The molecular weight excluding hydrogens is 268 g/mol. The normalized spacial score (nSPS) is 18.6. The van der Waals surface area contributed by atoms with Gasteiger partial charge in [-0.3, -0.25) is 4.79 Å². The van der Waals surface area contributed by atoms with Crippen molar-refractivity contribution in [3.8, 4) is 0 Å². The summed E-state index contributed by atoms with van der Waals surface area (Å²) in [7, 11) is -3.21. The first-order valence-electron chi connectivity index (χ1n) is 6.83. The molecule has 0 aromatic carbocycles. The van der Waals surface area contributed by atoms with Crippen LogP contribution >= 0.6 is 0 Å². The Bertz CT molecular complexity index is 252. The smallest absolute Gasteiger partial charge is 0.378 e. The van der Waals surface area contributed by atoms with Crippen LogP contribution in [0.2, 0.25) is 0 Å². The van der Waals surface area contributed by atoms with Crippen molar-refractivity contribution < 1.29 is 27.5 Å². The number of hydrogen-bond acceptors (Lipinski definition) is 6. The van der Waals surface area contributed by atoms with Gasteiger partial charge >= 0.3 is 8.80 Å². The molecule has 0 bridgehead atoms. The van der Waals surface area contributed by atoms with Crippen LogP contribution in [0.4, 0.5) is 0 Å². The molecule has 1 fully saturated rings. The summed E-state index contributed by atoms with van der Waals surface area (Å²) >= 11 is 0. The third kappa shape index (κ3) is 5.68. The molecule has 0 N–H and O–H groups in total. The SMILES string of the molecule is CCO[Si](OCC)(OCC)C(=O)CCOCC1CO1. The van der Waals surface area contributed by atoms with Crippen LogP contribution in [0, 0.1) is 0 Å². The van der Waals surface area contributed by atoms with Crippen molar-refractivity contribution in [1.29, 1.82) is 0 Å². The second kappa shape index (κ2) is 8.78. The lowest BCUT2D eigenvalue weighted by Gasteiger charge is -2.26. The minimum Gasteiger partial charge on any atom is -0.378 e. The lowest BCUT2D eigenvalue weighted by molar-refractivity contribution is -0.120. The molecule has 112 valence electrons. The number of ether oxygens (including phenoxy) is 2. The van der Waals surface area contributed by atoms with Crippen LogP contribution in [0.3, 0.4) is 0 Å². The molecule has 0 amide bonds. The highest BCUT2D eigenvalue weighted by Crippen LogP contribution is 2.14. The van der Waals surface area contributed by atoms with Crippen molar-refractivity contribution >= 4 is 14.2 Å². The molecule has 0 radical (unpaired) electrons. The van der Waals surface area contributed by atoms with E-state index in [0.717, 1.165) is 6.61 Å². The van der Waals surface area contributed by atoms with Crippen LogP contribution < -0.4 is 0 Å². The summed E-state index contributed by atoms with van der Waals surface area (Å²) in [5.74, 6) is 0. The third-order valence-corrected chi connectivity index (χ3v) is 5.46. The zero-order valence-corrected chi connectivity index (χ0v) is 13.0. The number of carbonyl (C=O) groups is 1. The Labute approximate surface area is 115 Å². The quantitative estimate of drug-likeness (QED) is 0.303. The minimum atomic E-state index is -3.21. The van der Waals surface area contributed by atoms with Gasteiger partial charge in [0.25, 0.3) is 0 Å². The van der Waals surface area contributed by atoms with Crippen molar-refractivity contribution in [2.24, 2.45) is 0 Å². The zero-order chi connectivity index (χ0) is 14.1. The number of epoxide rings is 1. The van der Waals surface area contributed by atoms with E-state index in [0.29, 0.717) is 33.0 Å². The molecule has 1 heterocycles. The van der Waals surface area contributed by atoms with Gasteiger partial charge in [0.15, 0.2) is 0 Å². The summed E-state index contributed by atoms with van der Waals surface area (Å²) in [4.78, 5) is 12.3. The highest BCUT2D eigenvalue weighted by molar-refractivity contribution is 6.92. The number of hydrogen-bond donors (Lipinski definition) is 0. The predicted octanol–water partition coefficient (Wildman–Crippen LogP) is 0.949. The van der Waals surface area contributed by atoms with Gasteiger partial charge in [0.1, 0.15) is 6.10 Å². The van der Waals surface area contributed by atoms with Gasteiger partial charge in [-0.15, -0.1) is 0 Å². The number of rotatable bonds is 12. The monoisotopic (exact) mass is 292 g/mol. The molecule has 0 aromatic rings. The Kier molecular flexibility index (Phi) is 7.73. The summed E-state index contributed by atoms with van der Waals surface area (Å²) in [5, 5.41) is -0.116. The van der Waals surface area contributed by atoms with E-state index in [9.17, 15) is 4.79 Å². The van der Waals surface area contributed by atoms with E-state index in [1.807, 2.05) is 20.8 Å². The van der Waals surface area contributed by atoms with Crippen molar-refractivity contribution in [2.75, 3.05) is 39.6 Å². The Balaban J connectivity index is 2.42. The predicted molar refractivity (Wildman–Crippen MR) is 70.8 cm³/mol. The second-order valence-corrected chi connectivity index (χ2v) is 6.59. The van der Waals surface area contributed by atoms with E-state index in [2.05, 4.69) is 0 Å². The van der Waals surface area contributed by atoms with Gasteiger partial charge in [0.2, 0.25) is 5.41 Å². The number of carbonyl (C=O) groups excluding carboxylic acids is 1. The molecule has 1 aliphatic heterocycles. The Morgan fingerprint density at radius 1 is 1.16 bits per heavy atom. The Morgan fingerprint density at radius 3 is 2.11 bits per heavy atom. The molecule has 0 aliphatic carbocycles. The molecule has 1 unspecified atom stereocenters. The summed E-state index contributed by atoms with van der Waals surface area (Å²) < 4.78 is 27.0. The molecule has 0 spiro atoms. The molecular formula is C12H24O6Si. The average Bonchev–Trinajstić information content (AvgIpc) is 3.19. The van der Waals surface area contributed by atoms with Crippen molar-refractivity contribution in [3.05, 3.63) is 0 Å². The summed E-state index contributed by atoms with van der Waals surface area (Å²) in [6.45, 7) is 8.32. The lowest BCUT2D eigenvalue weighted by Crippen LogP contribution is -2.54. The van der Waals surface area contributed by atoms with Crippen LogP contribution in [0.15, 0.2) is 0 Å². The topological polar surface area (TPSA) is 66.5 Å². The minimum absolute atomic E-state index is 0.116. The largest absolute Gasteiger partial charge is 0.574 e. The zero-order valence-electron chi connectivity index (χ0n) is 12.0. The molecule has 0 aromatic heterocycles. The molecule has 0 saturated carbocycles. The lowest BCUT2D eigenvalue weighted by atomic mass is 10.5. The Morgan fingerprint density at radius 2 is 1.68 bits per heavy atom. The molecule has 7 heteroatoms. The maximum Gasteiger partial charge on any atom is 0.574 e. The first-order chi connectivity index (χ1) is 9.18.